The number of carbonyl (C=O) groups excluding carboxylic acids is 2. The third-order valence-corrected chi connectivity index (χ3v) is 3.93. The minimum atomic E-state index is -4.77. The van der Waals surface area contributed by atoms with Gasteiger partial charge in [0.25, 0.3) is 11.8 Å². The molecule has 1 aliphatic heterocycles. The number of halogens is 4. The van der Waals surface area contributed by atoms with Crippen LogP contribution >= 0.6 is 0 Å². The molecule has 0 spiro atoms. The Morgan fingerprint density at radius 3 is 2.58 bits per heavy atom. The number of fused-ring (bicyclic) bond motifs is 1. The van der Waals surface area contributed by atoms with E-state index in [1.165, 1.54) is 11.1 Å². The van der Waals surface area contributed by atoms with Crippen LogP contribution in [0.15, 0.2) is 24.4 Å². The molecule has 2 N–H and O–H groups in total. The summed E-state index contributed by atoms with van der Waals surface area (Å²) in [6.07, 6.45) is -3.00. The zero-order chi connectivity index (χ0) is 19.1. The Labute approximate surface area is 144 Å². The van der Waals surface area contributed by atoms with E-state index in [1.807, 2.05) is 0 Å². The first-order chi connectivity index (χ1) is 12.1. The van der Waals surface area contributed by atoms with Crippen LogP contribution in [0.1, 0.15) is 37.8 Å². The fourth-order valence-corrected chi connectivity index (χ4v) is 2.65. The van der Waals surface area contributed by atoms with Crippen LogP contribution in [-0.4, -0.2) is 33.2 Å². The molecule has 6 nitrogen and oxygen atoms in total. The summed E-state index contributed by atoms with van der Waals surface area (Å²) in [5.74, 6) is -2.97. The fraction of sp³-hybridized carbons (Fsp3) is 0.250. The SMILES string of the molecule is NC(=O)c1ncc2c(n1)CN(C(=O)c1cc(F)cc(C(F)(F)F)c1)CC2. The van der Waals surface area contributed by atoms with Crippen molar-refractivity contribution in [3.8, 4) is 0 Å². The number of nitrogens with two attached hydrogens (primary N) is 1. The van der Waals surface area contributed by atoms with E-state index in [0.717, 1.165) is 6.07 Å². The summed E-state index contributed by atoms with van der Waals surface area (Å²) in [6, 6.07) is 1.69. The number of rotatable bonds is 2. The van der Waals surface area contributed by atoms with E-state index < -0.39 is 34.9 Å². The van der Waals surface area contributed by atoms with Crippen molar-refractivity contribution in [2.45, 2.75) is 19.1 Å². The number of hydrogen-bond donors (Lipinski definition) is 1. The van der Waals surface area contributed by atoms with Crippen molar-refractivity contribution in [3.63, 3.8) is 0 Å². The first-order valence-corrected chi connectivity index (χ1v) is 7.47. The van der Waals surface area contributed by atoms with Crippen LogP contribution < -0.4 is 5.73 Å². The van der Waals surface area contributed by atoms with E-state index in [0.29, 0.717) is 29.8 Å². The van der Waals surface area contributed by atoms with Crippen molar-refractivity contribution in [1.29, 1.82) is 0 Å². The molecule has 0 aliphatic carbocycles. The third kappa shape index (κ3) is 3.48. The minimum Gasteiger partial charge on any atom is -0.363 e. The first-order valence-electron chi connectivity index (χ1n) is 7.47. The Bertz CT molecular complexity index is 898. The van der Waals surface area contributed by atoms with E-state index in [2.05, 4.69) is 9.97 Å². The normalized spacial score (nSPS) is 14.1. The van der Waals surface area contributed by atoms with Crippen molar-refractivity contribution in [1.82, 2.24) is 14.9 Å². The van der Waals surface area contributed by atoms with Gasteiger partial charge in [0.15, 0.2) is 0 Å². The average Bonchev–Trinajstić information content (AvgIpc) is 2.58. The predicted molar refractivity (Wildman–Crippen MR) is 80.4 cm³/mol. The van der Waals surface area contributed by atoms with Gasteiger partial charge < -0.3 is 10.6 Å². The number of nitrogens with zero attached hydrogens (tertiary/aromatic N) is 3. The van der Waals surface area contributed by atoms with Crippen LogP contribution in [-0.2, 0) is 19.1 Å². The maximum absolute atomic E-state index is 13.5. The Morgan fingerprint density at radius 1 is 1.19 bits per heavy atom. The van der Waals surface area contributed by atoms with Gasteiger partial charge in [0.1, 0.15) is 5.82 Å². The van der Waals surface area contributed by atoms with E-state index in [1.54, 1.807) is 0 Å². The lowest BCUT2D eigenvalue weighted by atomic mass is 10.0. The van der Waals surface area contributed by atoms with Crippen LogP contribution in [0.3, 0.4) is 0 Å². The maximum atomic E-state index is 13.5. The van der Waals surface area contributed by atoms with E-state index in [4.69, 9.17) is 5.73 Å². The lowest BCUT2D eigenvalue weighted by Crippen LogP contribution is -2.37. The zero-order valence-electron chi connectivity index (χ0n) is 13.2. The van der Waals surface area contributed by atoms with Crippen LogP contribution in [0.4, 0.5) is 17.6 Å². The largest absolute Gasteiger partial charge is 0.416 e. The molecule has 1 aliphatic rings. The number of carbonyl (C=O) groups is 2. The van der Waals surface area contributed by atoms with E-state index in [9.17, 15) is 27.2 Å². The second-order valence-electron chi connectivity index (χ2n) is 5.73. The quantitative estimate of drug-likeness (QED) is 0.821. The van der Waals surface area contributed by atoms with Crippen molar-refractivity contribution in [2.75, 3.05) is 6.54 Å². The van der Waals surface area contributed by atoms with Crippen LogP contribution in [0, 0.1) is 5.82 Å². The molecule has 0 saturated carbocycles. The molecule has 0 saturated heterocycles. The molecule has 2 heterocycles. The highest BCUT2D eigenvalue weighted by Crippen LogP contribution is 2.31. The summed E-state index contributed by atoms with van der Waals surface area (Å²) in [7, 11) is 0. The summed E-state index contributed by atoms with van der Waals surface area (Å²) < 4.78 is 52.0. The predicted octanol–water partition coefficient (Wildman–Crippen LogP) is 1.93. The molecule has 2 aromatic rings. The van der Waals surface area contributed by atoms with Gasteiger partial charge in [-0.1, -0.05) is 0 Å². The summed E-state index contributed by atoms with van der Waals surface area (Å²) in [5.41, 5.74) is 4.54. The van der Waals surface area contributed by atoms with Crippen molar-refractivity contribution < 1.29 is 27.2 Å². The van der Waals surface area contributed by atoms with Crippen molar-refractivity contribution in [2.24, 2.45) is 5.73 Å². The Hall–Kier alpha value is -3.04. The van der Waals surface area contributed by atoms with Crippen LogP contribution in [0.25, 0.3) is 0 Å². The molecular weight excluding hydrogens is 356 g/mol. The second-order valence-corrected chi connectivity index (χ2v) is 5.73. The van der Waals surface area contributed by atoms with Gasteiger partial charge in [-0.15, -0.1) is 0 Å². The van der Waals surface area contributed by atoms with Gasteiger partial charge >= 0.3 is 6.18 Å². The number of alkyl halides is 3. The standard InChI is InChI=1S/C16H12F4N4O2/c17-11-4-9(3-10(5-11)16(18,19)20)15(26)24-2-1-8-6-22-14(13(21)25)23-12(8)7-24/h3-6H,1-2,7H2,(H2,21,25). The monoisotopic (exact) mass is 368 g/mol. The van der Waals surface area contributed by atoms with Gasteiger partial charge in [0.05, 0.1) is 17.8 Å². The molecule has 0 fully saturated rings. The second kappa shape index (κ2) is 6.36. The van der Waals surface area contributed by atoms with Crippen molar-refractivity contribution >= 4 is 11.8 Å². The highest BCUT2D eigenvalue weighted by Gasteiger charge is 2.33. The Kier molecular flexibility index (Phi) is 4.34. The van der Waals surface area contributed by atoms with Gasteiger partial charge in [-0.2, -0.15) is 13.2 Å². The molecule has 0 radical (unpaired) electrons. The third-order valence-electron chi connectivity index (χ3n) is 3.93. The molecule has 0 atom stereocenters. The zero-order valence-corrected chi connectivity index (χ0v) is 13.2. The van der Waals surface area contributed by atoms with E-state index >= 15 is 0 Å². The molecule has 26 heavy (non-hydrogen) atoms. The van der Waals surface area contributed by atoms with Gasteiger partial charge in [-0.05, 0) is 30.2 Å². The minimum absolute atomic E-state index is 0.0468. The Balaban J connectivity index is 1.89. The summed E-state index contributed by atoms with van der Waals surface area (Å²) >= 11 is 0. The number of amides is 2. The molecule has 10 heteroatoms. The highest BCUT2D eigenvalue weighted by molar-refractivity contribution is 5.94. The van der Waals surface area contributed by atoms with Gasteiger partial charge in [-0.25, -0.2) is 14.4 Å². The number of aromatic nitrogens is 2. The summed E-state index contributed by atoms with van der Waals surface area (Å²) in [5, 5.41) is 0. The van der Waals surface area contributed by atoms with Gasteiger partial charge in [-0.3, -0.25) is 9.59 Å². The smallest absolute Gasteiger partial charge is 0.363 e. The van der Waals surface area contributed by atoms with Crippen LogP contribution in [0.2, 0.25) is 0 Å². The molecular formula is C16H12F4N4O2. The molecule has 3 rings (SSSR count). The fourth-order valence-electron chi connectivity index (χ4n) is 2.65. The molecule has 0 unspecified atom stereocenters. The lowest BCUT2D eigenvalue weighted by Gasteiger charge is -2.28. The van der Waals surface area contributed by atoms with Crippen LogP contribution in [0.5, 0.6) is 0 Å². The topological polar surface area (TPSA) is 89.2 Å². The molecule has 2 amide bonds. The van der Waals surface area contributed by atoms with Gasteiger partial charge in [0, 0.05) is 18.3 Å². The molecule has 136 valence electrons. The summed E-state index contributed by atoms with van der Waals surface area (Å²) in [6.45, 7) is 0.151. The van der Waals surface area contributed by atoms with Gasteiger partial charge in [0.2, 0.25) is 5.82 Å². The number of hydrogen-bond acceptors (Lipinski definition) is 4. The Morgan fingerprint density at radius 2 is 1.92 bits per heavy atom. The highest BCUT2D eigenvalue weighted by atomic mass is 19.4. The number of primary amides is 1. The lowest BCUT2D eigenvalue weighted by molar-refractivity contribution is -0.137. The maximum Gasteiger partial charge on any atom is 0.416 e. The van der Waals surface area contributed by atoms with Crippen molar-refractivity contribution in [3.05, 3.63) is 58.4 Å². The number of benzene rings is 1. The molecule has 1 aromatic carbocycles. The summed E-state index contributed by atoms with van der Waals surface area (Å²) in [4.78, 5) is 32.7. The molecule has 0 bridgehead atoms. The molecule has 1 aromatic heterocycles. The van der Waals surface area contributed by atoms with E-state index in [-0.39, 0.29) is 18.9 Å². The average molecular weight is 368 g/mol. The first kappa shape index (κ1) is 17.8.